The molecule has 1 unspecified atom stereocenters. The summed E-state index contributed by atoms with van der Waals surface area (Å²) in [5.74, 6) is -4.32. The van der Waals surface area contributed by atoms with E-state index in [2.05, 4.69) is 5.16 Å². The molecule has 1 saturated heterocycles. The van der Waals surface area contributed by atoms with Gasteiger partial charge in [-0.2, -0.15) is 0 Å². The van der Waals surface area contributed by atoms with Gasteiger partial charge in [-0.25, -0.2) is 30.7 Å². The molecule has 34 heavy (non-hydrogen) atoms. The second-order valence-corrected chi connectivity index (χ2v) is 10.2. The van der Waals surface area contributed by atoms with Crippen LogP contribution in [0.4, 0.5) is 17.6 Å². The van der Waals surface area contributed by atoms with Crippen molar-refractivity contribution in [1.29, 1.82) is 0 Å². The molecule has 0 amide bonds. The third kappa shape index (κ3) is 4.69. The van der Waals surface area contributed by atoms with Crippen molar-refractivity contribution in [2.45, 2.75) is 31.4 Å². The Bertz CT molecular complexity index is 1250. The van der Waals surface area contributed by atoms with E-state index in [0.29, 0.717) is 5.56 Å². The Kier molecular flexibility index (Phi) is 6.23. The number of halogens is 4. The molecule has 2 heterocycles. The van der Waals surface area contributed by atoms with Gasteiger partial charge in [0, 0.05) is 12.1 Å². The van der Waals surface area contributed by atoms with Crippen molar-refractivity contribution >= 4 is 15.9 Å². The Morgan fingerprint density at radius 2 is 1.97 bits per heavy atom. The number of rotatable bonds is 5. The van der Waals surface area contributed by atoms with Gasteiger partial charge >= 0.3 is 0 Å². The quantitative estimate of drug-likeness (QED) is 0.634. The van der Waals surface area contributed by atoms with E-state index in [4.69, 9.17) is 9.57 Å². The highest BCUT2D eigenvalue weighted by atomic mass is 32.2. The van der Waals surface area contributed by atoms with Crippen LogP contribution in [-0.2, 0) is 14.9 Å². The number of alkyl halides is 2. The van der Waals surface area contributed by atoms with Crippen LogP contribution in [0.2, 0.25) is 0 Å². The molecule has 2 aliphatic heterocycles. The fourth-order valence-electron chi connectivity index (χ4n) is 4.29. The number of aryl methyl sites for hydroxylation is 1. The molecule has 0 bridgehead atoms. The third-order valence-electron chi connectivity index (χ3n) is 5.75. The SMILES string of the molecule is COc1cccc(F)c1-c1cc(C)cc(F)c1C1CC(N2C[C@@H](NS(C)(=O)=O)C(F)(F)C2)=NO1. The van der Waals surface area contributed by atoms with Crippen molar-refractivity contribution in [2.24, 2.45) is 5.16 Å². The van der Waals surface area contributed by atoms with Gasteiger partial charge in [0.15, 0.2) is 6.10 Å². The lowest BCUT2D eigenvalue weighted by Gasteiger charge is -2.19. The average molecular weight is 502 g/mol. The summed E-state index contributed by atoms with van der Waals surface area (Å²) in [5.41, 5.74) is 0.807. The van der Waals surface area contributed by atoms with Crippen LogP contribution in [-0.4, -0.2) is 57.6 Å². The fraction of sp³-hybridized carbons (Fsp3) is 0.409. The molecule has 12 heteroatoms. The number of likely N-dealkylation sites (tertiary alicyclic amines) is 1. The molecule has 2 aromatic rings. The molecule has 0 spiro atoms. The first-order valence-corrected chi connectivity index (χ1v) is 12.2. The van der Waals surface area contributed by atoms with Crippen LogP contribution in [0.3, 0.4) is 0 Å². The first-order chi connectivity index (χ1) is 15.9. The van der Waals surface area contributed by atoms with E-state index >= 15 is 4.39 Å². The van der Waals surface area contributed by atoms with Gasteiger partial charge in [0.1, 0.15) is 29.3 Å². The fourth-order valence-corrected chi connectivity index (χ4v) is 5.06. The summed E-state index contributed by atoms with van der Waals surface area (Å²) in [5, 5.41) is 3.88. The maximum Gasteiger partial charge on any atom is 0.282 e. The smallest absolute Gasteiger partial charge is 0.282 e. The maximum absolute atomic E-state index is 15.2. The number of sulfonamides is 1. The van der Waals surface area contributed by atoms with Crippen LogP contribution in [0.1, 0.15) is 23.7 Å². The third-order valence-corrected chi connectivity index (χ3v) is 6.46. The molecule has 0 aromatic heterocycles. The highest BCUT2D eigenvalue weighted by Gasteiger charge is 2.51. The first-order valence-electron chi connectivity index (χ1n) is 10.4. The molecule has 4 rings (SSSR count). The Morgan fingerprint density at radius 3 is 2.65 bits per heavy atom. The van der Waals surface area contributed by atoms with Crippen molar-refractivity contribution in [1.82, 2.24) is 9.62 Å². The summed E-state index contributed by atoms with van der Waals surface area (Å²) in [6.07, 6.45) is -0.271. The summed E-state index contributed by atoms with van der Waals surface area (Å²) in [6, 6.07) is 5.45. The molecular formula is C22H23F4N3O4S. The van der Waals surface area contributed by atoms with E-state index in [1.807, 2.05) is 4.72 Å². The van der Waals surface area contributed by atoms with Crippen molar-refractivity contribution in [3.8, 4) is 16.9 Å². The van der Waals surface area contributed by atoms with Crippen LogP contribution in [0.25, 0.3) is 11.1 Å². The molecule has 1 fully saturated rings. The number of methoxy groups -OCH3 is 1. The molecule has 0 saturated carbocycles. The van der Waals surface area contributed by atoms with Crippen LogP contribution >= 0.6 is 0 Å². The van der Waals surface area contributed by atoms with E-state index in [-0.39, 0.29) is 41.2 Å². The maximum atomic E-state index is 15.2. The highest BCUT2D eigenvalue weighted by molar-refractivity contribution is 7.88. The van der Waals surface area contributed by atoms with Gasteiger partial charge in [0.05, 0.1) is 31.9 Å². The lowest BCUT2D eigenvalue weighted by Crippen LogP contribution is -2.46. The van der Waals surface area contributed by atoms with Crippen molar-refractivity contribution < 1.29 is 35.6 Å². The van der Waals surface area contributed by atoms with Gasteiger partial charge in [-0.05, 0) is 36.2 Å². The van der Waals surface area contributed by atoms with Crippen LogP contribution in [0.5, 0.6) is 5.75 Å². The van der Waals surface area contributed by atoms with Crippen LogP contribution in [0.15, 0.2) is 35.5 Å². The van der Waals surface area contributed by atoms with Gasteiger partial charge in [0.2, 0.25) is 10.0 Å². The number of amidine groups is 1. The standard InChI is InChI=1S/C22H23F4N3O4S/c1-12-7-13(20-14(23)5-4-6-16(20)32-2)21(15(24)8-12)17-9-19(27-33-17)29-10-18(22(25,26)11-29)28-34(3,30)31/h4-8,17-18,28H,9-11H2,1-3H3/t17?,18-/m1/s1. The zero-order chi connectivity index (χ0) is 24.8. The van der Waals surface area contributed by atoms with Gasteiger partial charge in [-0.1, -0.05) is 17.3 Å². The molecule has 0 radical (unpaired) electrons. The second kappa shape index (κ2) is 8.73. The van der Waals surface area contributed by atoms with Gasteiger partial charge in [-0.3, -0.25) is 0 Å². The molecule has 7 nitrogen and oxygen atoms in total. The number of benzene rings is 2. The minimum Gasteiger partial charge on any atom is -0.496 e. The number of nitrogens with one attached hydrogen (secondary N) is 1. The molecule has 2 atom stereocenters. The molecule has 1 N–H and O–H groups in total. The molecule has 0 aliphatic carbocycles. The highest BCUT2D eigenvalue weighted by Crippen LogP contribution is 2.42. The Morgan fingerprint density at radius 1 is 1.24 bits per heavy atom. The number of ether oxygens (including phenoxy) is 1. The minimum atomic E-state index is -3.86. The van der Waals surface area contributed by atoms with Gasteiger partial charge < -0.3 is 14.5 Å². The molecule has 2 aliphatic rings. The van der Waals surface area contributed by atoms with Crippen LogP contribution < -0.4 is 9.46 Å². The summed E-state index contributed by atoms with van der Waals surface area (Å²) in [7, 11) is -2.49. The summed E-state index contributed by atoms with van der Waals surface area (Å²) >= 11 is 0. The molecule has 2 aromatic carbocycles. The molecular weight excluding hydrogens is 478 g/mol. The monoisotopic (exact) mass is 501 g/mol. The van der Waals surface area contributed by atoms with E-state index in [9.17, 15) is 21.6 Å². The van der Waals surface area contributed by atoms with E-state index in [0.717, 1.165) is 6.26 Å². The Labute approximate surface area is 194 Å². The van der Waals surface area contributed by atoms with Crippen molar-refractivity contribution in [3.05, 3.63) is 53.1 Å². The number of hydrogen-bond acceptors (Lipinski definition) is 6. The average Bonchev–Trinajstić information content (AvgIpc) is 3.30. The van der Waals surface area contributed by atoms with E-state index in [1.54, 1.807) is 19.1 Å². The number of hydrogen-bond donors (Lipinski definition) is 1. The normalized spacial score (nSPS) is 22.0. The number of oxime groups is 1. The summed E-state index contributed by atoms with van der Waals surface area (Å²) in [4.78, 5) is 6.63. The van der Waals surface area contributed by atoms with Crippen LogP contribution in [0, 0.1) is 18.6 Å². The Balaban J connectivity index is 1.64. The topological polar surface area (TPSA) is 80.2 Å². The van der Waals surface area contributed by atoms with Crippen molar-refractivity contribution in [3.63, 3.8) is 0 Å². The van der Waals surface area contributed by atoms with Gasteiger partial charge in [-0.15, -0.1) is 0 Å². The zero-order valence-corrected chi connectivity index (χ0v) is 19.4. The zero-order valence-electron chi connectivity index (χ0n) is 18.6. The van der Waals surface area contributed by atoms with Crippen molar-refractivity contribution in [2.75, 3.05) is 26.5 Å². The predicted molar refractivity (Wildman–Crippen MR) is 117 cm³/mol. The second-order valence-electron chi connectivity index (χ2n) is 8.41. The van der Waals surface area contributed by atoms with Gasteiger partial charge in [0.25, 0.3) is 5.92 Å². The first kappa shape index (κ1) is 24.3. The molecule has 184 valence electrons. The minimum absolute atomic E-state index is 0.0181. The Hall–Kier alpha value is -2.86. The predicted octanol–water partition coefficient (Wildman–Crippen LogP) is 3.59. The number of nitrogens with zero attached hydrogens (tertiary/aromatic N) is 2. The lowest BCUT2D eigenvalue weighted by atomic mass is 9.91. The lowest BCUT2D eigenvalue weighted by molar-refractivity contribution is -0.00123. The van der Waals surface area contributed by atoms with E-state index < -0.39 is 46.3 Å². The largest absolute Gasteiger partial charge is 0.496 e. The van der Waals surface area contributed by atoms with E-state index in [1.165, 1.54) is 30.2 Å². The summed E-state index contributed by atoms with van der Waals surface area (Å²) in [6.45, 7) is 0.543. The summed E-state index contributed by atoms with van der Waals surface area (Å²) < 4.78 is 88.9.